The summed E-state index contributed by atoms with van der Waals surface area (Å²) in [5.41, 5.74) is 1.91. The molecule has 2 aliphatic rings. The molecular weight excluding hydrogens is 400 g/mol. The lowest BCUT2D eigenvalue weighted by Gasteiger charge is -2.48. The van der Waals surface area contributed by atoms with E-state index in [9.17, 15) is 9.90 Å². The smallest absolute Gasteiger partial charge is 0.332 e. The summed E-state index contributed by atoms with van der Waals surface area (Å²) in [5, 5.41) is 9.39. The van der Waals surface area contributed by atoms with Gasteiger partial charge in [-0.25, -0.2) is 4.79 Å². The van der Waals surface area contributed by atoms with E-state index in [0.29, 0.717) is 13.2 Å². The number of hydrogen-bond donors (Lipinski definition) is 1. The van der Waals surface area contributed by atoms with Crippen molar-refractivity contribution < 1.29 is 33.6 Å². The lowest BCUT2D eigenvalue weighted by Crippen LogP contribution is -2.60. The van der Waals surface area contributed by atoms with Crippen molar-refractivity contribution in [3.63, 3.8) is 0 Å². The van der Waals surface area contributed by atoms with Crippen LogP contribution in [0.1, 0.15) is 31.3 Å². The minimum atomic E-state index is -1.02. The van der Waals surface area contributed by atoms with Crippen LogP contribution in [-0.2, 0) is 35.1 Å². The van der Waals surface area contributed by atoms with Crippen LogP contribution in [0, 0.1) is 5.92 Å². The lowest BCUT2D eigenvalue weighted by atomic mass is 9.91. The molecule has 3 unspecified atom stereocenters. The highest BCUT2D eigenvalue weighted by molar-refractivity contribution is 5.71. The van der Waals surface area contributed by atoms with Crippen LogP contribution in [0.5, 0.6) is 0 Å². The minimum Gasteiger partial charge on any atom is -0.479 e. The second-order valence-corrected chi connectivity index (χ2v) is 7.96. The van der Waals surface area contributed by atoms with Gasteiger partial charge in [-0.05, 0) is 12.5 Å². The van der Waals surface area contributed by atoms with E-state index in [-0.39, 0.29) is 5.92 Å². The second kappa shape index (κ2) is 9.89. The minimum absolute atomic E-state index is 0.249. The van der Waals surface area contributed by atoms with Gasteiger partial charge in [0.15, 0.2) is 18.7 Å². The number of carboxylic acids is 1. The highest BCUT2D eigenvalue weighted by Gasteiger charge is 2.50. The molecule has 0 aromatic heterocycles. The van der Waals surface area contributed by atoms with Gasteiger partial charge in [-0.1, -0.05) is 67.6 Å². The van der Waals surface area contributed by atoms with Crippen LogP contribution >= 0.6 is 0 Å². The number of carboxylic acid groups (broad SMARTS) is 1. The first-order valence-corrected chi connectivity index (χ1v) is 10.5. The van der Waals surface area contributed by atoms with Gasteiger partial charge in [-0.15, -0.1) is 0 Å². The molecule has 1 N–H and O–H groups in total. The second-order valence-electron chi connectivity index (χ2n) is 7.96. The molecule has 2 aromatic rings. The van der Waals surface area contributed by atoms with Crippen molar-refractivity contribution in [3.8, 4) is 0 Å². The van der Waals surface area contributed by atoms with Crippen LogP contribution < -0.4 is 0 Å². The number of ether oxygens (including phenoxy) is 5. The van der Waals surface area contributed by atoms with Crippen LogP contribution in [0.25, 0.3) is 0 Å². The first-order valence-electron chi connectivity index (χ1n) is 10.5. The Labute approximate surface area is 181 Å². The third-order valence-corrected chi connectivity index (χ3v) is 5.68. The molecule has 0 bridgehead atoms. The van der Waals surface area contributed by atoms with E-state index < -0.39 is 43.0 Å². The summed E-state index contributed by atoms with van der Waals surface area (Å²) in [5.74, 6) is -1.27. The van der Waals surface area contributed by atoms with Gasteiger partial charge in [-0.3, -0.25) is 0 Å². The molecule has 4 rings (SSSR count). The molecule has 2 heterocycles. The normalized spacial score (nSPS) is 31.5. The summed E-state index contributed by atoms with van der Waals surface area (Å²) >= 11 is 0. The average Bonchev–Trinajstić information content (AvgIpc) is 2.80. The van der Waals surface area contributed by atoms with Crippen molar-refractivity contribution in [3.05, 3.63) is 71.8 Å². The van der Waals surface area contributed by atoms with Crippen LogP contribution in [-0.4, -0.2) is 48.4 Å². The topological polar surface area (TPSA) is 83.5 Å². The maximum Gasteiger partial charge on any atom is 0.332 e. The standard InChI is InChI=1S/C24H28O7/c1-15-20(29-16(2)22(25)26)21-19(14-28-24(31-21)18-11-7-4-8-12-18)30-23(15)27-13-17-9-5-3-6-10-17/h3-12,15-16,19-21,23-24H,13-14H2,1-2H3,(H,25,26)/t15-,16-,19?,20?,21+,23-,24?/m0/s1. The van der Waals surface area contributed by atoms with Gasteiger partial charge < -0.3 is 28.8 Å². The van der Waals surface area contributed by atoms with Crippen molar-refractivity contribution >= 4 is 5.97 Å². The van der Waals surface area contributed by atoms with Gasteiger partial charge in [0.25, 0.3) is 0 Å². The molecule has 7 atom stereocenters. The van der Waals surface area contributed by atoms with Crippen molar-refractivity contribution in [1.82, 2.24) is 0 Å². The Hall–Kier alpha value is -2.29. The number of aliphatic carboxylic acids is 1. The predicted octanol–water partition coefficient (Wildman–Crippen LogP) is 3.54. The molecule has 0 saturated carbocycles. The van der Waals surface area contributed by atoms with Gasteiger partial charge >= 0.3 is 5.97 Å². The molecule has 7 nitrogen and oxygen atoms in total. The summed E-state index contributed by atoms with van der Waals surface area (Å²) in [4.78, 5) is 11.5. The number of benzene rings is 2. The van der Waals surface area contributed by atoms with Gasteiger partial charge in [0.2, 0.25) is 0 Å². The SMILES string of the molecule is C[C@H](OC1[C@@H]2OC(c3ccccc3)OCC2O[C@H](OCc2ccccc2)[C@H]1C)C(=O)O. The van der Waals surface area contributed by atoms with E-state index in [1.165, 1.54) is 6.92 Å². The van der Waals surface area contributed by atoms with Crippen molar-refractivity contribution in [2.24, 2.45) is 5.92 Å². The van der Waals surface area contributed by atoms with E-state index in [0.717, 1.165) is 11.1 Å². The third kappa shape index (κ3) is 5.14. The van der Waals surface area contributed by atoms with Crippen molar-refractivity contribution in [2.45, 2.75) is 57.5 Å². The Bertz CT molecular complexity index is 844. The van der Waals surface area contributed by atoms with E-state index >= 15 is 0 Å². The summed E-state index contributed by atoms with van der Waals surface area (Å²) < 4.78 is 30.3. The first-order chi connectivity index (χ1) is 15.0. The van der Waals surface area contributed by atoms with E-state index in [1.54, 1.807) is 0 Å². The molecule has 0 amide bonds. The quantitative estimate of drug-likeness (QED) is 0.722. The van der Waals surface area contributed by atoms with Crippen molar-refractivity contribution in [2.75, 3.05) is 6.61 Å². The van der Waals surface area contributed by atoms with Crippen LogP contribution in [0.2, 0.25) is 0 Å². The van der Waals surface area contributed by atoms with Crippen LogP contribution in [0.3, 0.4) is 0 Å². The molecule has 0 spiro atoms. The zero-order valence-electron chi connectivity index (χ0n) is 17.6. The summed E-state index contributed by atoms with van der Waals surface area (Å²) in [6.07, 6.45) is -3.56. The van der Waals surface area contributed by atoms with Gasteiger partial charge in [0.05, 0.1) is 19.3 Å². The highest BCUT2D eigenvalue weighted by atomic mass is 16.7. The summed E-state index contributed by atoms with van der Waals surface area (Å²) in [6.45, 7) is 4.13. The fourth-order valence-electron chi connectivity index (χ4n) is 3.93. The lowest BCUT2D eigenvalue weighted by molar-refractivity contribution is -0.360. The molecule has 2 fully saturated rings. The van der Waals surface area contributed by atoms with Crippen LogP contribution in [0.4, 0.5) is 0 Å². The van der Waals surface area contributed by atoms with Gasteiger partial charge in [0, 0.05) is 11.5 Å². The Morgan fingerprint density at radius 1 is 1.10 bits per heavy atom. The molecule has 0 radical (unpaired) electrons. The molecule has 2 aliphatic heterocycles. The highest BCUT2D eigenvalue weighted by Crippen LogP contribution is 2.38. The number of carbonyl (C=O) groups is 1. The Morgan fingerprint density at radius 2 is 1.77 bits per heavy atom. The molecule has 166 valence electrons. The number of hydrogen-bond acceptors (Lipinski definition) is 6. The summed E-state index contributed by atoms with van der Waals surface area (Å²) in [6, 6.07) is 19.4. The average molecular weight is 428 g/mol. The Balaban J connectivity index is 1.51. The van der Waals surface area contributed by atoms with E-state index in [2.05, 4.69) is 0 Å². The molecule has 0 aliphatic carbocycles. The largest absolute Gasteiger partial charge is 0.479 e. The molecule has 7 heteroatoms. The predicted molar refractivity (Wildman–Crippen MR) is 111 cm³/mol. The molecular formula is C24H28O7. The Morgan fingerprint density at radius 3 is 2.45 bits per heavy atom. The first kappa shape index (κ1) is 21.9. The zero-order chi connectivity index (χ0) is 21.8. The van der Waals surface area contributed by atoms with Crippen molar-refractivity contribution in [1.29, 1.82) is 0 Å². The van der Waals surface area contributed by atoms with Gasteiger partial charge in [-0.2, -0.15) is 0 Å². The maximum atomic E-state index is 11.5. The number of fused-ring (bicyclic) bond motifs is 1. The fourth-order valence-corrected chi connectivity index (χ4v) is 3.93. The monoisotopic (exact) mass is 428 g/mol. The molecule has 31 heavy (non-hydrogen) atoms. The van der Waals surface area contributed by atoms with E-state index in [1.807, 2.05) is 67.6 Å². The Kier molecular flexibility index (Phi) is 6.99. The number of rotatable bonds is 7. The summed E-state index contributed by atoms with van der Waals surface area (Å²) in [7, 11) is 0. The third-order valence-electron chi connectivity index (χ3n) is 5.68. The van der Waals surface area contributed by atoms with Crippen LogP contribution in [0.15, 0.2) is 60.7 Å². The van der Waals surface area contributed by atoms with E-state index in [4.69, 9.17) is 23.7 Å². The fraction of sp³-hybridized carbons (Fsp3) is 0.458. The molecule has 2 saturated heterocycles. The molecule has 2 aromatic carbocycles. The van der Waals surface area contributed by atoms with Gasteiger partial charge in [0.1, 0.15) is 12.2 Å². The zero-order valence-corrected chi connectivity index (χ0v) is 17.6. The maximum absolute atomic E-state index is 11.5.